The van der Waals surface area contributed by atoms with Gasteiger partial charge in [0.15, 0.2) is 0 Å². The summed E-state index contributed by atoms with van der Waals surface area (Å²) in [5, 5.41) is 22.7. The standard InChI is InChI=1S/C13H15N3O5/c1-8-3-2-4-9(16(20)21)12(8)15-6-5-14-13(19)10(15)7-11(17)18/h2-4,10H,5-7H2,1H3,(H,14,19)(H,17,18). The van der Waals surface area contributed by atoms with Crippen LogP contribution in [0.5, 0.6) is 0 Å². The van der Waals surface area contributed by atoms with Crippen LogP contribution in [0.4, 0.5) is 11.4 Å². The molecule has 1 aromatic carbocycles. The molecule has 0 aliphatic carbocycles. The molecule has 0 saturated carbocycles. The minimum absolute atomic E-state index is 0.125. The van der Waals surface area contributed by atoms with E-state index in [1.165, 1.54) is 11.0 Å². The van der Waals surface area contributed by atoms with E-state index in [2.05, 4.69) is 5.32 Å². The molecule has 1 aliphatic heterocycles. The van der Waals surface area contributed by atoms with E-state index in [-0.39, 0.29) is 5.69 Å². The second-order valence-corrected chi connectivity index (χ2v) is 4.80. The zero-order chi connectivity index (χ0) is 15.6. The third-order valence-corrected chi connectivity index (χ3v) is 3.40. The topological polar surface area (TPSA) is 113 Å². The molecule has 8 heteroatoms. The predicted molar refractivity (Wildman–Crippen MR) is 74.2 cm³/mol. The number of aryl methyl sites for hydroxylation is 1. The molecule has 1 aromatic rings. The van der Waals surface area contributed by atoms with Crippen LogP contribution in [0.1, 0.15) is 12.0 Å². The number of nitro benzene ring substituents is 1. The highest BCUT2D eigenvalue weighted by atomic mass is 16.6. The number of anilines is 1. The molecule has 8 nitrogen and oxygen atoms in total. The Morgan fingerprint density at radius 2 is 2.29 bits per heavy atom. The van der Waals surface area contributed by atoms with Crippen molar-refractivity contribution in [1.29, 1.82) is 0 Å². The van der Waals surface area contributed by atoms with Gasteiger partial charge in [0.1, 0.15) is 11.7 Å². The van der Waals surface area contributed by atoms with E-state index in [0.29, 0.717) is 24.3 Å². The molecular weight excluding hydrogens is 278 g/mol. The largest absolute Gasteiger partial charge is 0.481 e. The number of para-hydroxylation sites is 1. The van der Waals surface area contributed by atoms with Gasteiger partial charge in [-0.05, 0) is 12.5 Å². The molecule has 1 fully saturated rings. The van der Waals surface area contributed by atoms with E-state index in [1.54, 1.807) is 19.1 Å². The average molecular weight is 293 g/mol. The van der Waals surface area contributed by atoms with Crippen molar-refractivity contribution in [3.8, 4) is 0 Å². The van der Waals surface area contributed by atoms with Gasteiger partial charge in [-0.15, -0.1) is 0 Å². The van der Waals surface area contributed by atoms with Crippen LogP contribution in [0.3, 0.4) is 0 Å². The van der Waals surface area contributed by atoms with Crippen LogP contribution in [-0.4, -0.2) is 41.0 Å². The molecule has 1 heterocycles. The maximum Gasteiger partial charge on any atom is 0.305 e. The Bertz CT molecular complexity index is 601. The number of nitrogens with zero attached hydrogens (tertiary/aromatic N) is 2. The Hall–Kier alpha value is -2.64. The van der Waals surface area contributed by atoms with Gasteiger partial charge in [0.05, 0.1) is 11.3 Å². The molecule has 0 bridgehead atoms. The SMILES string of the molecule is Cc1cccc([N+](=O)[O-])c1N1CCNC(=O)C1CC(=O)O. The normalized spacial score (nSPS) is 18.2. The van der Waals surface area contributed by atoms with Crippen LogP contribution in [-0.2, 0) is 9.59 Å². The maximum absolute atomic E-state index is 11.9. The fraction of sp³-hybridized carbons (Fsp3) is 0.385. The number of nitro groups is 1. The molecule has 1 aliphatic rings. The summed E-state index contributed by atoms with van der Waals surface area (Å²) < 4.78 is 0. The molecule has 2 N–H and O–H groups in total. The summed E-state index contributed by atoms with van der Waals surface area (Å²) in [4.78, 5) is 35.1. The summed E-state index contributed by atoms with van der Waals surface area (Å²) in [6, 6.07) is 3.67. The van der Waals surface area contributed by atoms with Crippen LogP contribution < -0.4 is 10.2 Å². The van der Waals surface area contributed by atoms with Crippen LogP contribution in [0, 0.1) is 17.0 Å². The van der Waals surface area contributed by atoms with E-state index >= 15 is 0 Å². The van der Waals surface area contributed by atoms with Gasteiger partial charge >= 0.3 is 5.97 Å². The van der Waals surface area contributed by atoms with Crippen molar-refractivity contribution >= 4 is 23.3 Å². The summed E-state index contributed by atoms with van der Waals surface area (Å²) in [7, 11) is 0. The van der Waals surface area contributed by atoms with Crippen LogP contribution >= 0.6 is 0 Å². The first-order valence-electron chi connectivity index (χ1n) is 6.42. The number of carboxylic acids is 1. The second-order valence-electron chi connectivity index (χ2n) is 4.80. The molecule has 21 heavy (non-hydrogen) atoms. The lowest BCUT2D eigenvalue weighted by Crippen LogP contribution is -2.56. The number of piperazine rings is 1. The Labute approximate surface area is 120 Å². The Morgan fingerprint density at radius 3 is 2.90 bits per heavy atom. The molecule has 0 spiro atoms. The highest BCUT2D eigenvalue weighted by molar-refractivity contribution is 5.91. The first-order valence-corrected chi connectivity index (χ1v) is 6.42. The van der Waals surface area contributed by atoms with Gasteiger partial charge in [-0.1, -0.05) is 12.1 Å². The van der Waals surface area contributed by atoms with Crippen LogP contribution in [0.2, 0.25) is 0 Å². The van der Waals surface area contributed by atoms with Crippen molar-refractivity contribution in [3.05, 3.63) is 33.9 Å². The predicted octanol–water partition coefficient (Wildman–Crippen LogP) is 0.683. The van der Waals surface area contributed by atoms with Gasteiger partial charge < -0.3 is 15.3 Å². The number of hydrogen-bond donors (Lipinski definition) is 2. The van der Waals surface area contributed by atoms with Gasteiger partial charge in [-0.3, -0.25) is 19.7 Å². The zero-order valence-electron chi connectivity index (χ0n) is 11.4. The summed E-state index contributed by atoms with van der Waals surface area (Å²) >= 11 is 0. The monoisotopic (exact) mass is 293 g/mol. The van der Waals surface area contributed by atoms with Crippen molar-refractivity contribution in [3.63, 3.8) is 0 Å². The first-order chi connectivity index (χ1) is 9.91. The van der Waals surface area contributed by atoms with Crippen LogP contribution in [0.25, 0.3) is 0 Å². The summed E-state index contributed by atoms with van der Waals surface area (Å²) in [5.41, 5.74) is 0.818. The maximum atomic E-state index is 11.9. The Kier molecular flexibility index (Phi) is 4.06. The van der Waals surface area contributed by atoms with Gasteiger partial charge in [0.2, 0.25) is 5.91 Å². The van der Waals surface area contributed by atoms with Gasteiger partial charge in [0, 0.05) is 19.2 Å². The summed E-state index contributed by atoms with van der Waals surface area (Å²) in [6.07, 6.45) is -0.405. The quantitative estimate of drug-likeness (QED) is 0.623. The molecule has 1 saturated heterocycles. The lowest BCUT2D eigenvalue weighted by Gasteiger charge is -2.36. The molecule has 1 amide bonds. The van der Waals surface area contributed by atoms with Crippen molar-refractivity contribution < 1.29 is 19.6 Å². The van der Waals surface area contributed by atoms with Gasteiger partial charge in [0.25, 0.3) is 5.69 Å². The molecule has 1 atom stereocenters. The van der Waals surface area contributed by atoms with Gasteiger partial charge in [-0.2, -0.15) is 0 Å². The lowest BCUT2D eigenvalue weighted by molar-refractivity contribution is -0.384. The van der Waals surface area contributed by atoms with E-state index in [0.717, 1.165) is 0 Å². The van der Waals surface area contributed by atoms with E-state index in [4.69, 9.17) is 5.11 Å². The number of carboxylic acid groups (broad SMARTS) is 1. The summed E-state index contributed by atoms with van der Waals surface area (Å²) in [6.45, 7) is 2.35. The lowest BCUT2D eigenvalue weighted by atomic mass is 10.0. The molecule has 2 rings (SSSR count). The number of hydrogen-bond acceptors (Lipinski definition) is 5. The van der Waals surface area contributed by atoms with Crippen molar-refractivity contribution in [2.24, 2.45) is 0 Å². The average Bonchev–Trinajstić information content (AvgIpc) is 2.40. The zero-order valence-corrected chi connectivity index (χ0v) is 11.4. The molecular formula is C13H15N3O5. The minimum Gasteiger partial charge on any atom is -0.481 e. The van der Waals surface area contributed by atoms with E-state index in [1.807, 2.05) is 0 Å². The molecule has 0 radical (unpaired) electrons. The number of carbonyl (C=O) groups is 2. The Morgan fingerprint density at radius 1 is 1.57 bits per heavy atom. The highest BCUT2D eigenvalue weighted by Gasteiger charge is 2.35. The summed E-state index contributed by atoms with van der Waals surface area (Å²) in [5.74, 6) is -1.56. The molecule has 0 aromatic heterocycles. The first kappa shape index (κ1) is 14.8. The third kappa shape index (κ3) is 2.93. The number of benzene rings is 1. The number of aliphatic carboxylic acids is 1. The van der Waals surface area contributed by atoms with Crippen molar-refractivity contribution in [2.45, 2.75) is 19.4 Å². The second kappa shape index (κ2) is 5.78. The van der Waals surface area contributed by atoms with E-state index < -0.39 is 29.3 Å². The van der Waals surface area contributed by atoms with Crippen molar-refractivity contribution in [2.75, 3.05) is 18.0 Å². The number of rotatable bonds is 4. The molecule has 112 valence electrons. The van der Waals surface area contributed by atoms with Crippen molar-refractivity contribution in [1.82, 2.24) is 5.32 Å². The smallest absolute Gasteiger partial charge is 0.305 e. The third-order valence-electron chi connectivity index (χ3n) is 3.40. The minimum atomic E-state index is -1.13. The number of carbonyl (C=O) groups excluding carboxylic acids is 1. The van der Waals surface area contributed by atoms with Crippen LogP contribution in [0.15, 0.2) is 18.2 Å². The number of amides is 1. The fourth-order valence-electron chi connectivity index (χ4n) is 2.52. The molecule has 1 unspecified atom stereocenters. The van der Waals surface area contributed by atoms with Gasteiger partial charge in [-0.25, -0.2) is 0 Å². The number of nitrogens with one attached hydrogen (secondary N) is 1. The fourth-order valence-corrected chi connectivity index (χ4v) is 2.52. The Balaban J connectivity index is 2.49. The highest BCUT2D eigenvalue weighted by Crippen LogP contribution is 2.34. The van der Waals surface area contributed by atoms with E-state index in [9.17, 15) is 19.7 Å².